The van der Waals surface area contributed by atoms with Crippen molar-refractivity contribution in [1.29, 1.82) is 0 Å². The number of aliphatic hydroxyl groups excluding tert-OH is 5. The summed E-state index contributed by atoms with van der Waals surface area (Å²) in [6, 6.07) is -1.07. The average Bonchev–Trinajstić information content (AvgIpc) is 3.42. The van der Waals surface area contributed by atoms with Gasteiger partial charge in [0, 0.05) is 6.42 Å². The number of amides is 1. The number of nitrogens with one attached hydrogen (secondary N) is 1. The van der Waals surface area contributed by atoms with Gasteiger partial charge in [0.1, 0.15) is 24.4 Å². The van der Waals surface area contributed by atoms with Crippen LogP contribution in [0.15, 0.2) is 146 Å². The number of esters is 1. The average molecular weight is 1060 g/mol. The second-order valence-electron chi connectivity index (χ2n) is 19.4. The minimum absolute atomic E-state index is 0.0596. The normalized spacial score (nSPS) is 20.2. The third-order valence-electron chi connectivity index (χ3n) is 12.6. The van der Waals surface area contributed by atoms with E-state index in [1.807, 2.05) is 60.8 Å². The number of hydrogen-bond donors (Lipinski definition) is 6. The summed E-state index contributed by atoms with van der Waals surface area (Å²) in [5.41, 5.74) is 0. The minimum Gasteiger partial charge on any atom is -0.454 e. The summed E-state index contributed by atoms with van der Waals surface area (Å²) in [5, 5.41) is 56.8. The maximum absolute atomic E-state index is 13.4. The molecule has 1 heterocycles. The number of ether oxygens (including phenoxy) is 3. The monoisotopic (exact) mass is 1060 g/mol. The summed E-state index contributed by atoms with van der Waals surface area (Å²) in [5.74, 6) is -1.30. The first-order chi connectivity index (χ1) is 37.2. The second-order valence-corrected chi connectivity index (χ2v) is 19.4. The van der Waals surface area contributed by atoms with Crippen molar-refractivity contribution in [3.63, 3.8) is 0 Å². The van der Waals surface area contributed by atoms with Crippen LogP contribution >= 0.6 is 0 Å². The van der Waals surface area contributed by atoms with E-state index >= 15 is 0 Å². The molecule has 1 aliphatic rings. The van der Waals surface area contributed by atoms with E-state index in [1.54, 1.807) is 6.08 Å². The fraction of sp³-hybridized carbons (Fsp3) is 0.600. The Morgan fingerprint density at radius 2 is 1.01 bits per heavy atom. The Morgan fingerprint density at radius 3 is 1.57 bits per heavy atom. The van der Waals surface area contributed by atoms with Gasteiger partial charge in [-0.1, -0.05) is 231 Å². The first-order valence-electron chi connectivity index (χ1n) is 29.2. The third kappa shape index (κ3) is 39.0. The summed E-state index contributed by atoms with van der Waals surface area (Å²) in [4.78, 5) is 26.5. The lowest BCUT2D eigenvalue weighted by molar-refractivity contribution is -0.305. The van der Waals surface area contributed by atoms with E-state index in [2.05, 4.69) is 105 Å². The Kier molecular flexibility index (Phi) is 47.0. The van der Waals surface area contributed by atoms with Gasteiger partial charge in [0.25, 0.3) is 0 Å². The molecule has 11 heteroatoms. The van der Waals surface area contributed by atoms with E-state index in [0.29, 0.717) is 19.3 Å². The molecule has 1 saturated heterocycles. The van der Waals surface area contributed by atoms with Crippen LogP contribution < -0.4 is 5.32 Å². The Bertz CT molecular complexity index is 1790. The predicted octanol–water partition coefficient (Wildman–Crippen LogP) is 13.4. The van der Waals surface area contributed by atoms with Crippen LogP contribution in [0.1, 0.15) is 188 Å². The molecule has 1 fully saturated rings. The Labute approximate surface area is 460 Å². The number of carbonyl (C=O) groups is 2. The van der Waals surface area contributed by atoms with Gasteiger partial charge in [0.05, 0.1) is 25.4 Å². The van der Waals surface area contributed by atoms with Gasteiger partial charge in [-0.2, -0.15) is 0 Å². The van der Waals surface area contributed by atoms with Gasteiger partial charge in [-0.05, 0) is 96.3 Å². The smallest absolute Gasteiger partial charge is 0.306 e. The highest BCUT2D eigenvalue weighted by atomic mass is 16.7. The van der Waals surface area contributed by atoms with Gasteiger partial charge in [-0.15, -0.1) is 0 Å². The predicted molar refractivity (Wildman–Crippen MR) is 314 cm³/mol. The maximum Gasteiger partial charge on any atom is 0.306 e. The van der Waals surface area contributed by atoms with Crippen molar-refractivity contribution in [2.45, 2.75) is 237 Å². The molecule has 11 nitrogen and oxygen atoms in total. The van der Waals surface area contributed by atoms with Crippen LogP contribution in [0.25, 0.3) is 0 Å². The Balaban J connectivity index is 2.79. The van der Waals surface area contributed by atoms with Crippen LogP contribution in [-0.2, 0) is 23.8 Å². The molecule has 0 aromatic rings. The van der Waals surface area contributed by atoms with Gasteiger partial charge in [0.15, 0.2) is 12.4 Å². The van der Waals surface area contributed by atoms with E-state index in [9.17, 15) is 35.1 Å². The first kappa shape index (κ1) is 69.6. The van der Waals surface area contributed by atoms with Crippen molar-refractivity contribution in [3.05, 3.63) is 146 Å². The van der Waals surface area contributed by atoms with Crippen molar-refractivity contribution in [2.24, 2.45) is 0 Å². The fourth-order valence-corrected chi connectivity index (χ4v) is 8.03. The SMILES string of the molecule is CC/C=C\C/C=C\C/C=C\C/C=C\C/C=C\C/C=C\CCCC(O)C(=O)NC(COC1OC(CO)C(O)C(O)C1OC(=O)CCCCC/C=C/C=C\C=C/C=C/C=C/CC)C(O)/C=C/CCCCCCCCCCCC. The molecule has 0 radical (unpaired) electrons. The van der Waals surface area contributed by atoms with Crippen molar-refractivity contribution < 1.29 is 49.3 Å². The largest absolute Gasteiger partial charge is 0.454 e. The van der Waals surface area contributed by atoms with E-state index in [4.69, 9.17) is 14.2 Å². The standard InChI is InChI=1S/C65H103NO10/c1-4-7-10-13-16-19-22-25-27-28-29-30-31-33-34-37-40-43-46-49-52-58(69)64(73)66-56(57(68)51-48-45-42-39-36-24-21-18-15-12-9-6-3)55-74-65-63(62(72)61(71)59(54-67)75-65)76-60(70)53-50-47-44-41-38-35-32-26-23-20-17-14-11-8-5-2/h7-8,10-11,14,16-17,19-20,23,25-27,29-30,32-35,38,40,43,48,51,56-59,61-63,65,67-69,71-72H,4-6,9,12-13,15,18,21-22,24,28,31,36-37,39,41-42,44-47,49-50,52-55H2,1-3H3,(H,66,73)/b10-7-,11-8+,17-14+,19-16-,23-20-,27-25-,30-29-,32-26-,34-33-,38-35+,43-40-,51-48+. The number of unbranched alkanes of at least 4 members (excludes halogenated alkanes) is 14. The zero-order valence-corrected chi connectivity index (χ0v) is 47.1. The Morgan fingerprint density at radius 1 is 0.539 bits per heavy atom. The van der Waals surface area contributed by atoms with Gasteiger partial charge >= 0.3 is 5.97 Å². The molecule has 428 valence electrons. The van der Waals surface area contributed by atoms with Crippen LogP contribution in [0, 0.1) is 0 Å². The molecule has 0 aromatic heterocycles. The highest BCUT2D eigenvalue weighted by Gasteiger charge is 2.47. The van der Waals surface area contributed by atoms with Gasteiger partial charge in [0.2, 0.25) is 5.91 Å². The molecule has 0 aliphatic carbocycles. The zero-order valence-electron chi connectivity index (χ0n) is 47.1. The highest BCUT2D eigenvalue weighted by Crippen LogP contribution is 2.26. The molecule has 0 bridgehead atoms. The number of aliphatic hydroxyl groups is 5. The molecular weight excluding hydrogens is 955 g/mol. The molecule has 8 atom stereocenters. The topological polar surface area (TPSA) is 175 Å². The molecule has 0 aromatic carbocycles. The summed E-state index contributed by atoms with van der Waals surface area (Å²) < 4.78 is 17.5. The van der Waals surface area contributed by atoms with Gasteiger partial charge < -0.3 is 45.1 Å². The van der Waals surface area contributed by atoms with Crippen LogP contribution in [0.5, 0.6) is 0 Å². The van der Waals surface area contributed by atoms with Crippen molar-refractivity contribution in [2.75, 3.05) is 13.2 Å². The van der Waals surface area contributed by atoms with Crippen LogP contribution in [0.4, 0.5) is 0 Å². The van der Waals surface area contributed by atoms with E-state index in [0.717, 1.165) is 89.9 Å². The van der Waals surface area contributed by atoms with Gasteiger partial charge in [-0.3, -0.25) is 9.59 Å². The fourth-order valence-electron chi connectivity index (χ4n) is 8.03. The lowest BCUT2D eigenvalue weighted by atomic mass is 9.99. The highest BCUT2D eigenvalue weighted by molar-refractivity contribution is 5.80. The molecule has 1 rings (SSSR count). The lowest BCUT2D eigenvalue weighted by Gasteiger charge is -2.41. The van der Waals surface area contributed by atoms with E-state index < -0.39 is 67.4 Å². The van der Waals surface area contributed by atoms with Crippen molar-refractivity contribution in [1.82, 2.24) is 5.32 Å². The summed E-state index contributed by atoms with van der Waals surface area (Å²) in [6.45, 7) is 5.44. The van der Waals surface area contributed by atoms with Crippen LogP contribution in [-0.4, -0.2) is 99.6 Å². The quantitative estimate of drug-likeness (QED) is 0.0149. The van der Waals surface area contributed by atoms with E-state index in [1.165, 1.54) is 44.9 Å². The zero-order chi connectivity index (χ0) is 55.4. The van der Waals surface area contributed by atoms with Gasteiger partial charge in [-0.25, -0.2) is 0 Å². The lowest BCUT2D eigenvalue weighted by Crippen LogP contribution is -2.61. The van der Waals surface area contributed by atoms with Crippen molar-refractivity contribution in [3.8, 4) is 0 Å². The third-order valence-corrected chi connectivity index (χ3v) is 12.6. The van der Waals surface area contributed by atoms with E-state index in [-0.39, 0.29) is 19.4 Å². The molecular formula is C65H103NO10. The Hall–Kier alpha value is -4.46. The molecule has 0 spiro atoms. The summed E-state index contributed by atoms with van der Waals surface area (Å²) in [7, 11) is 0. The minimum atomic E-state index is -1.65. The van der Waals surface area contributed by atoms with Crippen LogP contribution in [0.2, 0.25) is 0 Å². The number of allylic oxidation sites excluding steroid dienone is 23. The number of carbonyl (C=O) groups excluding carboxylic acids is 2. The summed E-state index contributed by atoms with van der Waals surface area (Å²) in [6.07, 6.45) is 63.2. The molecule has 76 heavy (non-hydrogen) atoms. The summed E-state index contributed by atoms with van der Waals surface area (Å²) >= 11 is 0. The molecule has 1 aliphatic heterocycles. The molecule has 8 unspecified atom stereocenters. The second kappa shape index (κ2) is 51.3. The van der Waals surface area contributed by atoms with Crippen LogP contribution in [0.3, 0.4) is 0 Å². The van der Waals surface area contributed by atoms with Crippen molar-refractivity contribution >= 4 is 11.9 Å². The maximum atomic E-state index is 13.4. The molecule has 0 saturated carbocycles. The number of hydrogen-bond acceptors (Lipinski definition) is 10. The molecule has 6 N–H and O–H groups in total. The number of rotatable bonds is 46. The molecule has 1 amide bonds. The first-order valence-corrected chi connectivity index (χ1v) is 29.2.